The molecule has 0 saturated heterocycles. The molecule has 0 heterocycles. The van der Waals surface area contributed by atoms with Gasteiger partial charge in [-0.2, -0.15) is 5.10 Å². The molecule has 0 atom stereocenters. The normalized spacial score (nSPS) is 10.6. The lowest BCUT2D eigenvalue weighted by Gasteiger charge is -2.06. The number of hydrogen-bond acceptors (Lipinski definition) is 5. The molecule has 0 aliphatic heterocycles. The molecule has 8 heteroatoms. The summed E-state index contributed by atoms with van der Waals surface area (Å²) in [6.07, 6.45) is 1.38. The summed E-state index contributed by atoms with van der Waals surface area (Å²) in [6.45, 7) is -0.173. The number of halogens is 2. The Morgan fingerprint density at radius 2 is 2.21 bits per heavy atom. The van der Waals surface area contributed by atoms with Crippen molar-refractivity contribution in [2.75, 3.05) is 13.7 Å². The quantitative estimate of drug-likeness (QED) is 0.562. The minimum atomic E-state index is -0.414. The van der Waals surface area contributed by atoms with Crippen LogP contribution in [0.2, 0.25) is 5.02 Å². The minimum absolute atomic E-state index is 0.125. The highest BCUT2D eigenvalue weighted by Gasteiger charge is 2.08. The predicted octanol–water partition coefficient (Wildman–Crippen LogP) is 3.35. The highest BCUT2D eigenvalue weighted by molar-refractivity contribution is 9.10. The number of hydrogen-bond donors (Lipinski definition) is 2. The Labute approximate surface area is 152 Å². The smallest absolute Gasteiger partial charge is 0.277 e. The van der Waals surface area contributed by atoms with Crippen LogP contribution >= 0.6 is 27.5 Å². The summed E-state index contributed by atoms with van der Waals surface area (Å²) in [5.41, 5.74) is 2.89. The Morgan fingerprint density at radius 3 is 2.92 bits per heavy atom. The Bertz CT molecular complexity index is 768. The molecule has 2 aromatic rings. The molecular weight excluding hydrogens is 400 g/mol. The van der Waals surface area contributed by atoms with Crippen molar-refractivity contribution < 1.29 is 19.4 Å². The van der Waals surface area contributed by atoms with E-state index in [1.807, 2.05) is 6.07 Å². The van der Waals surface area contributed by atoms with Gasteiger partial charge in [-0.3, -0.25) is 4.79 Å². The zero-order valence-electron chi connectivity index (χ0n) is 12.6. The van der Waals surface area contributed by atoms with Crippen molar-refractivity contribution in [2.45, 2.75) is 0 Å². The molecule has 0 radical (unpaired) electrons. The van der Waals surface area contributed by atoms with Crippen molar-refractivity contribution in [3.8, 4) is 17.2 Å². The molecule has 2 N–H and O–H groups in total. The van der Waals surface area contributed by atoms with E-state index in [4.69, 9.17) is 21.1 Å². The van der Waals surface area contributed by atoms with E-state index in [-0.39, 0.29) is 23.1 Å². The molecular formula is C16H14BrClN2O4. The topological polar surface area (TPSA) is 80.2 Å². The van der Waals surface area contributed by atoms with E-state index >= 15 is 0 Å². The molecule has 6 nitrogen and oxygen atoms in total. The van der Waals surface area contributed by atoms with Crippen LogP contribution in [0.4, 0.5) is 0 Å². The molecule has 0 aliphatic carbocycles. The molecule has 126 valence electrons. The molecule has 0 aromatic heterocycles. The maximum absolute atomic E-state index is 11.7. The van der Waals surface area contributed by atoms with E-state index in [0.29, 0.717) is 11.3 Å². The van der Waals surface area contributed by atoms with Crippen LogP contribution in [0.15, 0.2) is 46.0 Å². The second-order valence-corrected chi connectivity index (χ2v) is 5.92. The zero-order valence-corrected chi connectivity index (χ0v) is 15.0. The van der Waals surface area contributed by atoms with Gasteiger partial charge in [0.2, 0.25) is 0 Å². The molecule has 0 fully saturated rings. The van der Waals surface area contributed by atoms with Gasteiger partial charge in [-0.1, -0.05) is 33.6 Å². The Hall–Kier alpha value is -2.25. The Kier molecular flexibility index (Phi) is 6.45. The Balaban J connectivity index is 1.89. The number of ether oxygens (including phenoxy) is 2. The molecule has 0 saturated carbocycles. The number of benzene rings is 2. The number of carbonyl (C=O) groups is 1. The highest BCUT2D eigenvalue weighted by Crippen LogP contribution is 2.34. The van der Waals surface area contributed by atoms with E-state index < -0.39 is 5.91 Å². The molecule has 2 aromatic carbocycles. The number of phenolic OH excluding ortho intramolecular Hbond substituents is 1. The van der Waals surface area contributed by atoms with Crippen molar-refractivity contribution in [1.82, 2.24) is 5.43 Å². The zero-order chi connectivity index (χ0) is 17.5. The first-order valence-corrected chi connectivity index (χ1v) is 7.93. The third-order valence-corrected chi connectivity index (χ3v) is 3.62. The first kappa shape index (κ1) is 18.1. The van der Waals surface area contributed by atoms with Gasteiger partial charge in [-0.25, -0.2) is 5.43 Å². The van der Waals surface area contributed by atoms with Gasteiger partial charge in [0.1, 0.15) is 5.75 Å². The standard InChI is InChI=1S/C16H14BrClN2O4/c1-23-14-6-10(5-13(18)16(14)22)8-19-20-15(21)9-24-12-4-2-3-11(17)7-12/h2-8,22H,9H2,1H3,(H,20,21)/b19-8+. The lowest BCUT2D eigenvalue weighted by atomic mass is 10.2. The van der Waals surface area contributed by atoms with Crippen molar-refractivity contribution in [2.24, 2.45) is 5.10 Å². The molecule has 0 spiro atoms. The summed E-state index contributed by atoms with van der Waals surface area (Å²) in [5.74, 6) is 0.220. The first-order valence-electron chi connectivity index (χ1n) is 6.76. The summed E-state index contributed by atoms with van der Waals surface area (Å²) in [7, 11) is 1.41. The van der Waals surface area contributed by atoms with Crippen LogP contribution in [0.5, 0.6) is 17.2 Å². The van der Waals surface area contributed by atoms with Crippen LogP contribution in [-0.4, -0.2) is 30.9 Å². The largest absolute Gasteiger partial charge is 0.503 e. The molecule has 1 amide bonds. The van der Waals surface area contributed by atoms with Gasteiger partial charge in [-0.05, 0) is 35.9 Å². The van der Waals surface area contributed by atoms with Crippen molar-refractivity contribution in [3.63, 3.8) is 0 Å². The number of nitrogens with one attached hydrogen (secondary N) is 1. The number of aromatic hydroxyl groups is 1. The van der Waals surface area contributed by atoms with Gasteiger partial charge in [0, 0.05) is 4.47 Å². The van der Waals surface area contributed by atoms with E-state index in [1.54, 1.807) is 18.2 Å². The molecule has 24 heavy (non-hydrogen) atoms. The van der Waals surface area contributed by atoms with E-state index in [1.165, 1.54) is 25.5 Å². The second-order valence-electron chi connectivity index (χ2n) is 4.59. The Morgan fingerprint density at radius 1 is 1.42 bits per heavy atom. The molecule has 0 bridgehead atoms. The van der Waals surface area contributed by atoms with Gasteiger partial charge in [0.05, 0.1) is 18.3 Å². The second kappa shape index (κ2) is 8.56. The van der Waals surface area contributed by atoms with Gasteiger partial charge < -0.3 is 14.6 Å². The highest BCUT2D eigenvalue weighted by atomic mass is 79.9. The monoisotopic (exact) mass is 412 g/mol. The van der Waals surface area contributed by atoms with Gasteiger partial charge in [0.15, 0.2) is 18.1 Å². The minimum Gasteiger partial charge on any atom is -0.503 e. The molecule has 0 aliphatic rings. The maximum atomic E-state index is 11.7. The average molecular weight is 414 g/mol. The van der Waals surface area contributed by atoms with Crippen molar-refractivity contribution >= 4 is 39.7 Å². The summed E-state index contributed by atoms with van der Waals surface area (Å²) in [6, 6.07) is 10.2. The number of nitrogens with zero attached hydrogens (tertiary/aromatic N) is 1. The van der Waals surface area contributed by atoms with Crippen LogP contribution < -0.4 is 14.9 Å². The van der Waals surface area contributed by atoms with Gasteiger partial charge in [-0.15, -0.1) is 0 Å². The summed E-state index contributed by atoms with van der Waals surface area (Å²) in [4.78, 5) is 11.7. The number of methoxy groups -OCH3 is 1. The van der Waals surface area contributed by atoms with Crippen LogP contribution in [0.3, 0.4) is 0 Å². The number of phenols is 1. The fraction of sp³-hybridized carbons (Fsp3) is 0.125. The van der Waals surface area contributed by atoms with E-state index in [0.717, 1.165) is 4.47 Å². The van der Waals surface area contributed by atoms with E-state index in [9.17, 15) is 9.90 Å². The number of carbonyl (C=O) groups excluding carboxylic acids is 1. The van der Waals surface area contributed by atoms with Crippen LogP contribution in [-0.2, 0) is 4.79 Å². The molecule has 0 unspecified atom stereocenters. The SMILES string of the molecule is COc1cc(/C=N/NC(=O)COc2cccc(Br)c2)cc(Cl)c1O. The number of amides is 1. The number of rotatable bonds is 6. The number of hydrazone groups is 1. The fourth-order valence-corrected chi connectivity index (χ4v) is 2.34. The van der Waals surface area contributed by atoms with Gasteiger partial charge in [0.25, 0.3) is 5.91 Å². The third kappa shape index (κ3) is 5.14. The van der Waals surface area contributed by atoms with Crippen molar-refractivity contribution in [3.05, 3.63) is 51.5 Å². The lowest BCUT2D eigenvalue weighted by Crippen LogP contribution is -2.24. The van der Waals surface area contributed by atoms with Crippen molar-refractivity contribution in [1.29, 1.82) is 0 Å². The van der Waals surface area contributed by atoms with Crippen LogP contribution in [0, 0.1) is 0 Å². The fourth-order valence-electron chi connectivity index (χ4n) is 1.74. The predicted molar refractivity (Wildman–Crippen MR) is 95.0 cm³/mol. The van der Waals surface area contributed by atoms with E-state index in [2.05, 4.69) is 26.5 Å². The molecule has 2 rings (SSSR count). The summed E-state index contributed by atoms with van der Waals surface area (Å²) >= 11 is 9.18. The van der Waals surface area contributed by atoms with Crippen LogP contribution in [0.1, 0.15) is 5.56 Å². The van der Waals surface area contributed by atoms with Gasteiger partial charge >= 0.3 is 0 Å². The lowest BCUT2D eigenvalue weighted by molar-refractivity contribution is -0.123. The third-order valence-electron chi connectivity index (χ3n) is 2.84. The first-order chi connectivity index (χ1) is 11.5. The maximum Gasteiger partial charge on any atom is 0.277 e. The summed E-state index contributed by atoms with van der Waals surface area (Å²) < 4.78 is 11.2. The van der Waals surface area contributed by atoms with Crippen LogP contribution in [0.25, 0.3) is 0 Å². The summed E-state index contributed by atoms with van der Waals surface area (Å²) in [5, 5.41) is 13.6. The average Bonchev–Trinajstić information content (AvgIpc) is 2.56.